The molecule has 1 atom stereocenters. The number of nitrogens with zero attached hydrogens (tertiary/aromatic N) is 2. The van der Waals surface area contributed by atoms with Crippen LogP contribution in [-0.4, -0.2) is 29.9 Å². The van der Waals surface area contributed by atoms with Crippen molar-refractivity contribution in [2.24, 2.45) is 0 Å². The van der Waals surface area contributed by atoms with Crippen molar-refractivity contribution < 1.29 is 14.3 Å². The van der Waals surface area contributed by atoms with Crippen molar-refractivity contribution in [3.05, 3.63) is 59.0 Å². The molecule has 0 spiro atoms. The summed E-state index contributed by atoms with van der Waals surface area (Å²) in [5, 5.41) is 5.39. The molecule has 0 saturated heterocycles. The first kappa shape index (κ1) is 21.1. The number of nitrogens with one attached hydrogen (secondary N) is 1. The van der Waals surface area contributed by atoms with Gasteiger partial charge in [-0.25, -0.2) is 4.98 Å². The maximum absolute atomic E-state index is 12.4. The first-order valence-corrected chi connectivity index (χ1v) is 11.2. The van der Waals surface area contributed by atoms with Crippen LogP contribution in [0.3, 0.4) is 0 Å². The average molecular weight is 436 g/mol. The standard InChI is InChI=1S/C24H25N3O3S/c1-4-23(29)27-15(2)10-18-13-17(8-9-21(18)27)20-14-31-24(25-20)26-22(28)12-16-6-5-7-19(11-16)30-3/h5-9,11,13-15H,4,10,12H2,1-3H3,(H,25,26,28). The Balaban J connectivity index is 1.46. The maximum atomic E-state index is 12.4. The molecule has 160 valence electrons. The van der Waals surface area contributed by atoms with Crippen LogP contribution in [0.4, 0.5) is 10.8 Å². The van der Waals surface area contributed by atoms with Gasteiger partial charge in [-0.1, -0.05) is 25.1 Å². The van der Waals surface area contributed by atoms with E-state index in [1.807, 2.05) is 53.6 Å². The molecule has 1 aromatic heterocycles. The van der Waals surface area contributed by atoms with Gasteiger partial charge in [-0.05, 0) is 48.7 Å². The Bertz CT molecular complexity index is 1120. The van der Waals surface area contributed by atoms with Gasteiger partial charge in [0.2, 0.25) is 11.8 Å². The fraction of sp³-hybridized carbons (Fsp3) is 0.292. The number of amides is 2. The summed E-state index contributed by atoms with van der Waals surface area (Å²) in [6.07, 6.45) is 1.59. The van der Waals surface area contributed by atoms with E-state index in [2.05, 4.69) is 23.3 Å². The number of hydrogen-bond donors (Lipinski definition) is 1. The number of fused-ring (bicyclic) bond motifs is 1. The number of methoxy groups -OCH3 is 1. The van der Waals surface area contributed by atoms with Crippen molar-refractivity contribution in [1.82, 2.24) is 4.98 Å². The van der Waals surface area contributed by atoms with Gasteiger partial charge >= 0.3 is 0 Å². The minimum Gasteiger partial charge on any atom is -0.497 e. The topological polar surface area (TPSA) is 71.5 Å². The number of anilines is 2. The highest BCUT2D eigenvalue weighted by Gasteiger charge is 2.30. The molecule has 1 aliphatic heterocycles. The lowest BCUT2D eigenvalue weighted by atomic mass is 10.1. The van der Waals surface area contributed by atoms with Crippen LogP contribution >= 0.6 is 11.3 Å². The highest BCUT2D eigenvalue weighted by molar-refractivity contribution is 7.14. The van der Waals surface area contributed by atoms with E-state index in [-0.39, 0.29) is 24.3 Å². The molecule has 31 heavy (non-hydrogen) atoms. The summed E-state index contributed by atoms with van der Waals surface area (Å²) in [4.78, 5) is 31.2. The maximum Gasteiger partial charge on any atom is 0.230 e. The quantitative estimate of drug-likeness (QED) is 0.610. The predicted octanol–water partition coefficient (Wildman–Crippen LogP) is 4.69. The molecular weight excluding hydrogens is 410 g/mol. The van der Waals surface area contributed by atoms with Crippen LogP contribution in [0, 0.1) is 0 Å². The van der Waals surface area contributed by atoms with Gasteiger partial charge in [0, 0.05) is 29.1 Å². The molecule has 2 heterocycles. The first-order chi connectivity index (χ1) is 15.0. The normalized spacial score (nSPS) is 14.9. The molecule has 7 heteroatoms. The Labute approximate surface area is 185 Å². The van der Waals surface area contributed by atoms with Crippen LogP contribution in [0.25, 0.3) is 11.3 Å². The second kappa shape index (κ2) is 8.89. The fourth-order valence-electron chi connectivity index (χ4n) is 3.94. The van der Waals surface area contributed by atoms with Crippen LogP contribution in [-0.2, 0) is 22.4 Å². The van der Waals surface area contributed by atoms with Crippen molar-refractivity contribution >= 4 is 34.0 Å². The van der Waals surface area contributed by atoms with E-state index < -0.39 is 0 Å². The van der Waals surface area contributed by atoms with Gasteiger partial charge in [-0.15, -0.1) is 11.3 Å². The van der Waals surface area contributed by atoms with Crippen LogP contribution < -0.4 is 15.0 Å². The van der Waals surface area contributed by atoms with E-state index in [4.69, 9.17) is 4.74 Å². The summed E-state index contributed by atoms with van der Waals surface area (Å²) in [5.41, 5.74) is 4.83. The Kier molecular flexibility index (Phi) is 6.04. The number of rotatable bonds is 6. The zero-order chi connectivity index (χ0) is 22.0. The third-order valence-corrected chi connectivity index (χ3v) is 6.17. The summed E-state index contributed by atoms with van der Waals surface area (Å²) in [7, 11) is 1.61. The summed E-state index contributed by atoms with van der Waals surface area (Å²) in [5.74, 6) is 0.756. The second-order valence-electron chi connectivity index (χ2n) is 7.63. The number of carbonyl (C=O) groups is 2. The molecule has 0 radical (unpaired) electrons. The molecule has 1 unspecified atom stereocenters. The molecule has 2 aromatic carbocycles. The van der Waals surface area contributed by atoms with Gasteiger partial charge in [0.25, 0.3) is 0 Å². The van der Waals surface area contributed by atoms with Crippen molar-refractivity contribution in [1.29, 1.82) is 0 Å². The SMILES string of the molecule is CCC(=O)N1c2ccc(-c3csc(NC(=O)Cc4cccc(OC)c4)n3)cc2CC1C. The molecule has 1 aliphatic rings. The third-order valence-electron chi connectivity index (χ3n) is 5.41. The van der Waals surface area contributed by atoms with Crippen molar-refractivity contribution in [2.75, 3.05) is 17.3 Å². The molecule has 0 bridgehead atoms. The van der Waals surface area contributed by atoms with E-state index in [1.54, 1.807) is 7.11 Å². The molecular formula is C24H25N3O3S. The van der Waals surface area contributed by atoms with Crippen molar-refractivity contribution in [3.8, 4) is 17.0 Å². The molecule has 2 amide bonds. The van der Waals surface area contributed by atoms with Crippen LogP contribution in [0.1, 0.15) is 31.4 Å². The highest BCUT2D eigenvalue weighted by Crippen LogP contribution is 2.36. The zero-order valence-electron chi connectivity index (χ0n) is 17.8. The van der Waals surface area contributed by atoms with Gasteiger partial charge in [0.15, 0.2) is 5.13 Å². The monoisotopic (exact) mass is 435 g/mol. The summed E-state index contributed by atoms with van der Waals surface area (Å²) in [6, 6.07) is 13.7. The highest BCUT2D eigenvalue weighted by atomic mass is 32.1. The van der Waals surface area contributed by atoms with Crippen molar-refractivity contribution in [3.63, 3.8) is 0 Å². The Hall–Kier alpha value is -3.19. The Morgan fingerprint density at radius 2 is 2.10 bits per heavy atom. The lowest BCUT2D eigenvalue weighted by Crippen LogP contribution is -2.35. The van der Waals surface area contributed by atoms with Gasteiger partial charge in [0.1, 0.15) is 5.75 Å². The number of aromatic nitrogens is 1. The number of ether oxygens (including phenoxy) is 1. The largest absolute Gasteiger partial charge is 0.497 e. The molecule has 0 aliphatic carbocycles. The number of carbonyl (C=O) groups excluding carboxylic acids is 2. The third kappa shape index (κ3) is 4.46. The van der Waals surface area contributed by atoms with E-state index in [1.165, 1.54) is 11.3 Å². The average Bonchev–Trinajstić information content (AvgIpc) is 3.36. The zero-order valence-corrected chi connectivity index (χ0v) is 18.7. The Morgan fingerprint density at radius 3 is 2.87 bits per heavy atom. The van der Waals surface area contributed by atoms with Crippen LogP contribution in [0.2, 0.25) is 0 Å². The molecule has 0 fully saturated rings. The van der Waals surface area contributed by atoms with Gasteiger partial charge in [-0.2, -0.15) is 0 Å². The number of hydrogen-bond acceptors (Lipinski definition) is 5. The van der Waals surface area contributed by atoms with E-state index in [9.17, 15) is 9.59 Å². The van der Waals surface area contributed by atoms with E-state index >= 15 is 0 Å². The number of thiazole rings is 1. The number of benzene rings is 2. The Morgan fingerprint density at radius 1 is 1.26 bits per heavy atom. The van der Waals surface area contributed by atoms with Crippen LogP contribution in [0.5, 0.6) is 5.75 Å². The second-order valence-corrected chi connectivity index (χ2v) is 8.49. The molecule has 1 N–H and O–H groups in total. The minimum atomic E-state index is -0.120. The first-order valence-electron chi connectivity index (χ1n) is 10.3. The lowest BCUT2D eigenvalue weighted by molar-refractivity contribution is -0.118. The summed E-state index contributed by atoms with van der Waals surface area (Å²) in [6.45, 7) is 3.97. The van der Waals surface area contributed by atoms with E-state index in [0.29, 0.717) is 11.6 Å². The summed E-state index contributed by atoms with van der Waals surface area (Å²) < 4.78 is 5.21. The molecule has 6 nitrogen and oxygen atoms in total. The molecule has 3 aromatic rings. The lowest BCUT2D eigenvalue weighted by Gasteiger charge is -2.22. The minimum absolute atomic E-state index is 0.120. The fourth-order valence-corrected chi connectivity index (χ4v) is 4.67. The van der Waals surface area contributed by atoms with Crippen LogP contribution in [0.15, 0.2) is 47.8 Å². The van der Waals surface area contributed by atoms with Gasteiger partial charge in [-0.3, -0.25) is 9.59 Å². The molecule has 4 rings (SSSR count). The predicted molar refractivity (Wildman–Crippen MR) is 124 cm³/mol. The van der Waals surface area contributed by atoms with Gasteiger partial charge in [0.05, 0.1) is 19.2 Å². The van der Waals surface area contributed by atoms with Crippen molar-refractivity contribution in [2.45, 2.75) is 39.2 Å². The molecule has 0 saturated carbocycles. The van der Waals surface area contributed by atoms with Gasteiger partial charge < -0.3 is 15.0 Å². The summed E-state index contributed by atoms with van der Waals surface area (Å²) >= 11 is 1.40. The van der Waals surface area contributed by atoms with E-state index in [0.717, 1.165) is 40.2 Å². The smallest absolute Gasteiger partial charge is 0.230 e.